The van der Waals surface area contributed by atoms with Crippen LogP contribution in [0.3, 0.4) is 0 Å². The van der Waals surface area contributed by atoms with Crippen molar-refractivity contribution in [1.29, 1.82) is 0 Å². The van der Waals surface area contributed by atoms with Gasteiger partial charge in [0, 0.05) is 56.9 Å². The van der Waals surface area contributed by atoms with Crippen LogP contribution in [-0.4, -0.2) is 67.4 Å². The largest absolute Gasteiger partial charge is 0.378 e. The van der Waals surface area contributed by atoms with Gasteiger partial charge in [0.1, 0.15) is 17.5 Å². The van der Waals surface area contributed by atoms with Crippen molar-refractivity contribution in [2.75, 3.05) is 62.3 Å². The van der Waals surface area contributed by atoms with Crippen molar-refractivity contribution in [2.45, 2.75) is 13.5 Å². The van der Waals surface area contributed by atoms with E-state index in [4.69, 9.17) is 21.3 Å². The van der Waals surface area contributed by atoms with E-state index in [1.807, 2.05) is 19.1 Å². The molecule has 3 heterocycles. The normalized spacial score (nSPS) is 18.7. The SMILES string of the molecule is Cc1nc(N2CCOCC2)cc(N2CCN(Cc3cccc(Cl)c3)CC2)n1. The molecule has 0 radical (unpaired) electrons. The minimum absolute atomic E-state index is 0.764. The summed E-state index contributed by atoms with van der Waals surface area (Å²) in [5.74, 6) is 2.88. The summed E-state index contributed by atoms with van der Waals surface area (Å²) in [5.41, 5.74) is 1.27. The van der Waals surface area contributed by atoms with E-state index in [2.05, 4.69) is 37.9 Å². The van der Waals surface area contributed by atoms with E-state index in [-0.39, 0.29) is 0 Å². The van der Waals surface area contributed by atoms with Crippen LogP contribution < -0.4 is 9.80 Å². The van der Waals surface area contributed by atoms with Crippen molar-refractivity contribution in [3.8, 4) is 0 Å². The van der Waals surface area contributed by atoms with E-state index in [1.165, 1.54) is 5.56 Å². The Bertz CT molecular complexity index is 773. The molecule has 0 bridgehead atoms. The topological polar surface area (TPSA) is 44.7 Å². The molecule has 27 heavy (non-hydrogen) atoms. The third-order valence-corrected chi connectivity index (χ3v) is 5.37. The highest BCUT2D eigenvalue weighted by atomic mass is 35.5. The lowest BCUT2D eigenvalue weighted by atomic mass is 10.2. The summed E-state index contributed by atoms with van der Waals surface area (Å²) in [6, 6.07) is 10.3. The van der Waals surface area contributed by atoms with E-state index >= 15 is 0 Å². The number of aryl methyl sites for hydroxylation is 1. The lowest BCUT2D eigenvalue weighted by Gasteiger charge is -2.36. The molecule has 1 aromatic carbocycles. The Labute approximate surface area is 165 Å². The second-order valence-corrected chi connectivity index (χ2v) is 7.56. The first-order chi connectivity index (χ1) is 13.2. The molecule has 7 heteroatoms. The fraction of sp³-hybridized carbons (Fsp3) is 0.500. The number of morpholine rings is 1. The maximum absolute atomic E-state index is 6.11. The zero-order valence-corrected chi connectivity index (χ0v) is 16.5. The molecule has 0 unspecified atom stereocenters. The number of benzene rings is 1. The Morgan fingerprint density at radius 3 is 2.26 bits per heavy atom. The second kappa shape index (κ2) is 8.42. The second-order valence-electron chi connectivity index (χ2n) is 7.12. The molecule has 144 valence electrons. The van der Waals surface area contributed by atoms with Crippen molar-refractivity contribution in [3.63, 3.8) is 0 Å². The van der Waals surface area contributed by atoms with Crippen LogP contribution in [0.4, 0.5) is 11.6 Å². The smallest absolute Gasteiger partial charge is 0.134 e. The summed E-state index contributed by atoms with van der Waals surface area (Å²) in [7, 11) is 0. The monoisotopic (exact) mass is 387 g/mol. The van der Waals surface area contributed by atoms with Crippen LogP contribution in [0.2, 0.25) is 5.02 Å². The molecule has 2 saturated heterocycles. The molecule has 0 aliphatic carbocycles. The molecule has 0 N–H and O–H groups in total. The minimum Gasteiger partial charge on any atom is -0.378 e. The number of nitrogens with zero attached hydrogens (tertiary/aromatic N) is 5. The number of hydrogen-bond donors (Lipinski definition) is 0. The third-order valence-electron chi connectivity index (χ3n) is 5.14. The summed E-state index contributed by atoms with van der Waals surface area (Å²) in [6.45, 7) is 10.2. The zero-order valence-electron chi connectivity index (χ0n) is 15.8. The Hall–Kier alpha value is -1.89. The lowest BCUT2D eigenvalue weighted by Crippen LogP contribution is -2.46. The fourth-order valence-corrected chi connectivity index (χ4v) is 3.89. The molecule has 1 aromatic heterocycles. The molecular formula is C20H26ClN5O. The van der Waals surface area contributed by atoms with Crippen LogP contribution in [0.1, 0.15) is 11.4 Å². The van der Waals surface area contributed by atoms with Crippen LogP contribution in [0.15, 0.2) is 30.3 Å². The van der Waals surface area contributed by atoms with Gasteiger partial charge < -0.3 is 14.5 Å². The number of hydrogen-bond acceptors (Lipinski definition) is 6. The van der Waals surface area contributed by atoms with Gasteiger partial charge in [0.2, 0.25) is 0 Å². The Balaban J connectivity index is 1.39. The average molecular weight is 388 g/mol. The van der Waals surface area contributed by atoms with E-state index in [9.17, 15) is 0 Å². The molecule has 0 atom stereocenters. The maximum Gasteiger partial charge on any atom is 0.134 e. The van der Waals surface area contributed by atoms with E-state index in [1.54, 1.807) is 0 Å². The highest BCUT2D eigenvalue weighted by Crippen LogP contribution is 2.22. The summed E-state index contributed by atoms with van der Waals surface area (Å²) in [5, 5.41) is 0.804. The first kappa shape index (κ1) is 18.5. The van der Waals surface area contributed by atoms with Gasteiger partial charge in [0.25, 0.3) is 0 Å². The van der Waals surface area contributed by atoms with Gasteiger partial charge in [0.05, 0.1) is 13.2 Å². The van der Waals surface area contributed by atoms with Crippen molar-refractivity contribution in [3.05, 3.63) is 46.7 Å². The molecule has 4 rings (SSSR count). The first-order valence-corrected chi connectivity index (χ1v) is 9.95. The van der Waals surface area contributed by atoms with E-state index in [0.29, 0.717) is 0 Å². The standard InChI is InChI=1S/C20H26ClN5O/c1-16-22-19(14-20(23-16)26-9-11-27-12-10-26)25-7-5-24(6-8-25)15-17-3-2-4-18(21)13-17/h2-4,13-14H,5-12,15H2,1H3. The first-order valence-electron chi connectivity index (χ1n) is 9.57. The molecule has 0 saturated carbocycles. The van der Waals surface area contributed by atoms with Crippen LogP contribution >= 0.6 is 11.6 Å². The van der Waals surface area contributed by atoms with Gasteiger partial charge in [-0.25, -0.2) is 9.97 Å². The Morgan fingerprint density at radius 1 is 0.926 bits per heavy atom. The predicted molar refractivity (Wildman–Crippen MR) is 109 cm³/mol. The number of ether oxygens (including phenoxy) is 1. The number of piperazine rings is 1. The van der Waals surface area contributed by atoms with Gasteiger partial charge in [-0.3, -0.25) is 4.90 Å². The molecule has 2 fully saturated rings. The molecule has 2 aliphatic rings. The number of anilines is 2. The van der Waals surface area contributed by atoms with Gasteiger partial charge >= 0.3 is 0 Å². The molecule has 6 nitrogen and oxygen atoms in total. The third kappa shape index (κ3) is 4.69. The van der Waals surface area contributed by atoms with Gasteiger partial charge in [0.15, 0.2) is 0 Å². The van der Waals surface area contributed by atoms with Crippen molar-refractivity contribution in [2.24, 2.45) is 0 Å². The quantitative estimate of drug-likeness (QED) is 0.803. The maximum atomic E-state index is 6.11. The zero-order chi connectivity index (χ0) is 18.6. The van der Waals surface area contributed by atoms with E-state index < -0.39 is 0 Å². The minimum atomic E-state index is 0.764. The highest BCUT2D eigenvalue weighted by molar-refractivity contribution is 6.30. The molecule has 0 amide bonds. The number of halogens is 1. The highest BCUT2D eigenvalue weighted by Gasteiger charge is 2.21. The van der Waals surface area contributed by atoms with Gasteiger partial charge in [-0.1, -0.05) is 23.7 Å². The summed E-state index contributed by atoms with van der Waals surface area (Å²) < 4.78 is 5.46. The van der Waals surface area contributed by atoms with Crippen LogP contribution in [0.25, 0.3) is 0 Å². The summed E-state index contributed by atoms with van der Waals surface area (Å²) in [6.07, 6.45) is 0. The Morgan fingerprint density at radius 2 is 1.59 bits per heavy atom. The lowest BCUT2D eigenvalue weighted by molar-refractivity contribution is 0.122. The van der Waals surface area contributed by atoms with Crippen LogP contribution in [0.5, 0.6) is 0 Å². The molecule has 2 aliphatic heterocycles. The van der Waals surface area contributed by atoms with E-state index in [0.717, 1.165) is 81.5 Å². The predicted octanol–water partition coefficient (Wildman–Crippen LogP) is 2.60. The van der Waals surface area contributed by atoms with Crippen LogP contribution in [-0.2, 0) is 11.3 Å². The van der Waals surface area contributed by atoms with Crippen molar-refractivity contribution >= 4 is 23.2 Å². The number of aromatic nitrogens is 2. The van der Waals surface area contributed by atoms with Gasteiger partial charge in [-0.05, 0) is 24.6 Å². The number of rotatable bonds is 4. The summed E-state index contributed by atoms with van der Waals surface area (Å²) >= 11 is 6.11. The molecular weight excluding hydrogens is 362 g/mol. The van der Waals surface area contributed by atoms with Gasteiger partial charge in [-0.15, -0.1) is 0 Å². The van der Waals surface area contributed by atoms with Crippen molar-refractivity contribution < 1.29 is 4.74 Å². The Kier molecular flexibility index (Phi) is 5.76. The van der Waals surface area contributed by atoms with Crippen LogP contribution in [0, 0.1) is 6.92 Å². The summed E-state index contributed by atoms with van der Waals surface area (Å²) in [4.78, 5) is 16.5. The molecule has 0 spiro atoms. The van der Waals surface area contributed by atoms with Crippen molar-refractivity contribution in [1.82, 2.24) is 14.9 Å². The fourth-order valence-electron chi connectivity index (χ4n) is 3.68. The average Bonchev–Trinajstić information content (AvgIpc) is 2.69. The molecule has 2 aromatic rings. The van der Waals surface area contributed by atoms with Gasteiger partial charge in [-0.2, -0.15) is 0 Å².